The average molecular weight is 229 g/mol. The minimum Gasteiger partial charge on any atom is -0.392 e. The second-order valence-corrected chi connectivity index (χ2v) is 4.82. The summed E-state index contributed by atoms with van der Waals surface area (Å²) in [5.41, 5.74) is 5.54. The predicted molar refractivity (Wildman–Crippen MR) is 64.7 cm³/mol. The first-order valence-electron chi connectivity index (χ1n) is 5.22. The number of likely N-dealkylation sites (tertiary alicyclic amines) is 1. The van der Waals surface area contributed by atoms with Crippen molar-refractivity contribution in [2.24, 2.45) is 5.73 Å². The second kappa shape index (κ2) is 4.90. The summed E-state index contributed by atoms with van der Waals surface area (Å²) in [7, 11) is 1.83. The molecule has 1 aliphatic rings. The van der Waals surface area contributed by atoms with Gasteiger partial charge in [0.15, 0.2) is 0 Å². The van der Waals surface area contributed by atoms with Gasteiger partial charge < -0.3 is 10.6 Å². The molecule has 0 aromatic carbocycles. The number of hydrogen-bond acceptors (Lipinski definition) is 3. The molecule has 5 heteroatoms. The zero-order chi connectivity index (χ0) is 11.6. The maximum Gasteiger partial charge on any atom is 0.239 e. The summed E-state index contributed by atoms with van der Waals surface area (Å²) < 4.78 is 0. The minimum atomic E-state index is -0.0449. The van der Waals surface area contributed by atoms with Gasteiger partial charge in [-0.3, -0.25) is 9.69 Å². The number of hydrogen-bond donors (Lipinski definition) is 1. The summed E-state index contributed by atoms with van der Waals surface area (Å²) in [6, 6.07) is 0.239. The molecule has 4 nitrogen and oxygen atoms in total. The van der Waals surface area contributed by atoms with Crippen LogP contribution in [0.1, 0.15) is 20.3 Å². The Hall–Kier alpha value is -0.680. The molecule has 1 heterocycles. The molecule has 1 rings (SSSR count). The highest BCUT2D eigenvalue weighted by atomic mass is 32.1. The normalized spacial score (nSPS) is 21.8. The molecule has 1 aliphatic heterocycles. The molecule has 1 fully saturated rings. The molecular weight excluding hydrogens is 210 g/mol. The number of carbonyl (C=O) groups excluding carboxylic acids is 1. The third-order valence-electron chi connectivity index (χ3n) is 2.80. The number of rotatable bonds is 4. The van der Waals surface area contributed by atoms with Crippen LogP contribution in [-0.2, 0) is 4.79 Å². The lowest BCUT2D eigenvalue weighted by atomic mass is 10.1. The molecular formula is C10H19N3OS. The lowest BCUT2D eigenvalue weighted by Gasteiger charge is -2.30. The second-order valence-electron chi connectivity index (χ2n) is 4.30. The molecule has 1 amide bonds. The van der Waals surface area contributed by atoms with Gasteiger partial charge in [0.05, 0.1) is 11.0 Å². The first-order chi connectivity index (χ1) is 6.93. The van der Waals surface area contributed by atoms with Crippen LogP contribution in [0.2, 0.25) is 0 Å². The van der Waals surface area contributed by atoms with Crippen molar-refractivity contribution in [3.63, 3.8) is 0 Å². The standard InChI is InChI=1S/C10H19N3OS/c1-7(2)13(6-9(11)15)8-4-5-12(3)10(8)14/h7-8H,4-6H2,1-3H3,(H2,11,15). The fourth-order valence-electron chi connectivity index (χ4n) is 1.94. The van der Waals surface area contributed by atoms with E-state index in [1.165, 1.54) is 0 Å². The zero-order valence-corrected chi connectivity index (χ0v) is 10.4. The molecule has 15 heavy (non-hydrogen) atoms. The molecule has 1 atom stereocenters. The summed E-state index contributed by atoms with van der Waals surface area (Å²) in [5.74, 6) is 0.181. The highest BCUT2D eigenvalue weighted by Crippen LogP contribution is 2.17. The lowest BCUT2D eigenvalue weighted by Crippen LogP contribution is -2.48. The highest BCUT2D eigenvalue weighted by molar-refractivity contribution is 7.80. The summed E-state index contributed by atoms with van der Waals surface area (Å²) in [4.78, 5) is 16.1. The van der Waals surface area contributed by atoms with Crippen molar-refractivity contribution in [2.45, 2.75) is 32.4 Å². The van der Waals surface area contributed by atoms with Gasteiger partial charge in [0, 0.05) is 26.2 Å². The van der Waals surface area contributed by atoms with E-state index >= 15 is 0 Å². The van der Waals surface area contributed by atoms with Crippen molar-refractivity contribution in [2.75, 3.05) is 20.1 Å². The van der Waals surface area contributed by atoms with E-state index in [1.807, 2.05) is 7.05 Å². The van der Waals surface area contributed by atoms with Crippen LogP contribution in [0.15, 0.2) is 0 Å². The van der Waals surface area contributed by atoms with Crippen molar-refractivity contribution in [1.29, 1.82) is 0 Å². The summed E-state index contributed by atoms with van der Waals surface area (Å²) in [6.45, 7) is 5.47. The molecule has 0 radical (unpaired) electrons. The number of nitrogens with zero attached hydrogens (tertiary/aromatic N) is 2. The number of carbonyl (C=O) groups is 1. The molecule has 0 aliphatic carbocycles. The van der Waals surface area contributed by atoms with Gasteiger partial charge in [-0.2, -0.15) is 0 Å². The maximum atomic E-state index is 11.8. The van der Waals surface area contributed by atoms with E-state index in [-0.39, 0.29) is 18.0 Å². The Kier molecular flexibility index (Phi) is 4.04. The Morgan fingerprint density at radius 2 is 2.33 bits per heavy atom. The predicted octanol–water partition coefficient (Wildman–Crippen LogP) is 0.214. The van der Waals surface area contributed by atoms with Gasteiger partial charge in [-0.05, 0) is 20.3 Å². The van der Waals surface area contributed by atoms with Crippen molar-refractivity contribution < 1.29 is 4.79 Å². The average Bonchev–Trinajstić information content (AvgIpc) is 2.44. The first-order valence-corrected chi connectivity index (χ1v) is 5.63. The summed E-state index contributed by atoms with van der Waals surface area (Å²) in [6.07, 6.45) is 0.871. The molecule has 1 unspecified atom stereocenters. The van der Waals surface area contributed by atoms with Gasteiger partial charge in [0.2, 0.25) is 5.91 Å². The largest absolute Gasteiger partial charge is 0.392 e. The van der Waals surface area contributed by atoms with Crippen molar-refractivity contribution in [3.05, 3.63) is 0 Å². The molecule has 0 spiro atoms. The third kappa shape index (κ3) is 2.89. The van der Waals surface area contributed by atoms with Crippen molar-refractivity contribution >= 4 is 23.1 Å². The van der Waals surface area contributed by atoms with E-state index in [2.05, 4.69) is 18.7 Å². The molecule has 0 saturated carbocycles. The van der Waals surface area contributed by atoms with E-state index in [0.717, 1.165) is 13.0 Å². The van der Waals surface area contributed by atoms with Crippen LogP contribution >= 0.6 is 12.2 Å². The van der Waals surface area contributed by atoms with E-state index in [9.17, 15) is 4.79 Å². The van der Waals surface area contributed by atoms with Gasteiger partial charge in [0.25, 0.3) is 0 Å². The van der Waals surface area contributed by atoms with E-state index in [0.29, 0.717) is 11.5 Å². The van der Waals surface area contributed by atoms with E-state index in [4.69, 9.17) is 18.0 Å². The molecule has 0 bridgehead atoms. The quantitative estimate of drug-likeness (QED) is 0.700. The Bertz CT molecular complexity index is 267. The van der Waals surface area contributed by atoms with Crippen LogP contribution < -0.4 is 5.73 Å². The Morgan fingerprint density at radius 3 is 2.67 bits per heavy atom. The van der Waals surface area contributed by atoms with Gasteiger partial charge in [-0.25, -0.2) is 0 Å². The number of nitrogens with two attached hydrogens (primary N) is 1. The van der Waals surface area contributed by atoms with Crippen LogP contribution in [0, 0.1) is 0 Å². The van der Waals surface area contributed by atoms with Crippen LogP contribution in [0.3, 0.4) is 0 Å². The van der Waals surface area contributed by atoms with Crippen molar-refractivity contribution in [1.82, 2.24) is 9.80 Å². The Labute approximate surface area is 96.4 Å². The maximum absolute atomic E-state index is 11.8. The van der Waals surface area contributed by atoms with Crippen LogP contribution in [0.25, 0.3) is 0 Å². The van der Waals surface area contributed by atoms with Crippen LogP contribution in [0.4, 0.5) is 0 Å². The lowest BCUT2D eigenvalue weighted by molar-refractivity contribution is -0.131. The Morgan fingerprint density at radius 1 is 1.73 bits per heavy atom. The SMILES string of the molecule is CC(C)N(CC(N)=S)C1CCN(C)C1=O. The van der Waals surface area contributed by atoms with Gasteiger partial charge in [-0.1, -0.05) is 12.2 Å². The minimum absolute atomic E-state index is 0.0449. The number of thiocarbonyl (C=S) groups is 1. The third-order valence-corrected chi connectivity index (χ3v) is 2.93. The smallest absolute Gasteiger partial charge is 0.239 e. The fourth-order valence-corrected chi connectivity index (χ4v) is 2.09. The van der Waals surface area contributed by atoms with Gasteiger partial charge >= 0.3 is 0 Å². The molecule has 2 N–H and O–H groups in total. The highest BCUT2D eigenvalue weighted by Gasteiger charge is 2.35. The summed E-state index contributed by atoms with van der Waals surface area (Å²) in [5, 5.41) is 0. The van der Waals surface area contributed by atoms with Crippen LogP contribution in [-0.4, -0.2) is 52.9 Å². The van der Waals surface area contributed by atoms with Gasteiger partial charge in [0.1, 0.15) is 0 Å². The zero-order valence-electron chi connectivity index (χ0n) is 9.56. The number of likely N-dealkylation sites (N-methyl/N-ethyl adjacent to an activating group) is 1. The topological polar surface area (TPSA) is 49.6 Å². The Balaban J connectivity index is 2.72. The summed E-state index contributed by atoms with van der Waals surface area (Å²) >= 11 is 4.91. The van der Waals surface area contributed by atoms with Crippen molar-refractivity contribution in [3.8, 4) is 0 Å². The molecule has 1 saturated heterocycles. The van der Waals surface area contributed by atoms with E-state index in [1.54, 1.807) is 4.90 Å². The van der Waals surface area contributed by atoms with E-state index < -0.39 is 0 Å². The fraction of sp³-hybridized carbons (Fsp3) is 0.800. The molecule has 0 aromatic rings. The van der Waals surface area contributed by atoms with Crippen LogP contribution in [0.5, 0.6) is 0 Å². The molecule has 86 valence electrons. The molecule has 0 aromatic heterocycles. The monoisotopic (exact) mass is 229 g/mol. The first kappa shape index (κ1) is 12.4. The van der Waals surface area contributed by atoms with Gasteiger partial charge in [-0.15, -0.1) is 0 Å². The number of amides is 1.